The van der Waals surface area contributed by atoms with Crippen molar-refractivity contribution < 1.29 is 9.21 Å². The van der Waals surface area contributed by atoms with E-state index in [9.17, 15) is 4.79 Å². The minimum Gasteiger partial charge on any atom is -0.467 e. The molecule has 4 aromatic rings. The van der Waals surface area contributed by atoms with Gasteiger partial charge < -0.3 is 4.42 Å². The molecule has 1 amide bonds. The Morgan fingerprint density at radius 1 is 1.29 bits per heavy atom. The second-order valence-electron chi connectivity index (χ2n) is 6.23. The average molecular weight is 408 g/mol. The maximum atomic E-state index is 13.2. The normalized spacial score (nSPS) is 10.8. The summed E-state index contributed by atoms with van der Waals surface area (Å²) in [6, 6.07) is 15.9. The fourth-order valence-corrected chi connectivity index (χ4v) is 4.30. The number of nitriles is 1. The Hall–Kier alpha value is -3.14. The monoisotopic (exact) mass is 407 g/mol. The van der Waals surface area contributed by atoms with Gasteiger partial charge in [0, 0.05) is 10.6 Å². The number of benzene rings is 2. The van der Waals surface area contributed by atoms with Crippen LogP contribution in [0.2, 0.25) is 5.02 Å². The van der Waals surface area contributed by atoms with E-state index in [1.165, 1.54) is 11.3 Å². The summed E-state index contributed by atoms with van der Waals surface area (Å²) in [5.74, 6) is 0.430. The lowest BCUT2D eigenvalue weighted by molar-refractivity contribution is 0.0983. The lowest BCUT2D eigenvalue weighted by atomic mass is 10.1. The van der Waals surface area contributed by atoms with E-state index in [0.29, 0.717) is 27.0 Å². The van der Waals surface area contributed by atoms with E-state index < -0.39 is 0 Å². The molecule has 7 heteroatoms. The van der Waals surface area contributed by atoms with Gasteiger partial charge in [-0.05, 0) is 61.0 Å². The fourth-order valence-electron chi connectivity index (χ4n) is 2.89. The Balaban J connectivity index is 1.78. The quantitative estimate of drug-likeness (QED) is 0.443. The third kappa shape index (κ3) is 3.50. The van der Waals surface area contributed by atoms with Crippen LogP contribution in [0, 0.1) is 18.3 Å². The maximum absolute atomic E-state index is 13.2. The molecule has 0 saturated carbocycles. The lowest BCUT2D eigenvalue weighted by Crippen LogP contribution is -2.30. The summed E-state index contributed by atoms with van der Waals surface area (Å²) in [5.41, 5.74) is 2.74. The first-order chi connectivity index (χ1) is 13.5. The molecule has 5 nitrogen and oxygen atoms in total. The zero-order chi connectivity index (χ0) is 19.7. The number of furan rings is 1. The number of carbonyl (C=O) groups is 1. The molecule has 2 aromatic carbocycles. The van der Waals surface area contributed by atoms with E-state index in [1.54, 1.807) is 41.5 Å². The van der Waals surface area contributed by atoms with E-state index in [2.05, 4.69) is 11.1 Å². The predicted octanol–water partition coefficient (Wildman–Crippen LogP) is 5.57. The number of hydrogen-bond acceptors (Lipinski definition) is 5. The molecule has 0 saturated heterocycles. The standard InChI is InChI=1S/C21H14ClN3O2S/c1-13-9-16(22)10-18-19(13)24-21(28-18)25(12-17-3-2-8-27-17)20(26)15-6-4-14(11-23)5-7-15/h2-10H,12H2,1H3. The van der Waals surface area contributed by atoms with Gasteiger partial charge in [0.25, 0.3) is 5.91 Å². The number of fused-ring (bicyclic) bond motifs is 1. The summed E-state index contributed by atoms with van der Waals surface area (Å²) in [7, 11) is 0. The molecule has 0 unspecified atom stereocenters. The molecular formula is C21H14ClN3O2S. The van der Waals surface area contributed by atoms with Gasteiger partial charge in [-0.25, -0.2) is 4.98 Å². The molecule has 0 bridgehead atoms. The van der Waals surface area contributed by atoms with E-state index in [0.717, 1.165) is 15.8 Å². The Morgan fingerprint density at radius 2 is 2.07 bits per heavy atom. The minimum atomic E-state index is -0.219. The van der Waals surface area contributed by atoms with Crippen LogP contribution in [0.3, 0.4) is 0 Å². The molecule has 138 valence electrons. The SMILES string of the molecule is Cc1cc(Cl)cc2sc(N(Cc3ccco3)C(=O)c3ccc(C#N)cc3)nc12. The summed E-state index contributed by atoms with van der Waals surface area (Å²) in [5, 5.41) is 10.2. The number of aromatic nitrogens is 1. The first-order valence-corrected chi connectivity index (χ1v) is 9.65. The van der Waals surface area contributed by atoms with Crippen molar-refractivity contribution in [1.29, 1.82) is 5.26 Å². The molecule has 2 heterocycles. The van der Waals surface area contributed by atoms with E-state index in [1.807, 2.05) is 25.1 Å². The van der Waals surface area contributed by atoms with Crippen LogP contribution in [0.1, 0.15) is 27.2 Å². The molecule has 0 radical (unpaired) electrons. The number of anilines is 1. The zero-order valence-corrected chi connectivity index (χ0v) is 16.4. The van der Waals surface area contributed by atoms with Crippen molar-refractivity contribution in [3.63, 3.8) is 0 Å². The van der Waals surface area contributed by atoms with Crippen molar-refractivity contribution >= 4 is 44.2 Å². The molecule has 0 atom stereocenters. The number of nitrogens with zero attached hydrogens (tertiary/aromatic N) is 3. The topological polar surface area (TPSA) is 70.1 Å². The molecular weight excluding hydrogens is 394 g/mol. The third-order valence-corrected chi connectivity index (χ3v) is 5.51. The van der Waals surface area contributed by atoms with Crippen molar-refractivity contribution in [1.82, 2.24) is 4.98 Å². The van der Waals surface area contributed by atoms with Gasteiger partial charge in [-0.2, -0.15) is 5.26 Å². The Labute approximate surface area is 170 Å². The van der Waals surface area contributed by atoms with E-state index in [-0.39, 0.29) is 12.5 Å². The molecule has 0 N–H and O–H groups in total. The number of aryl methyl sites for hydroxylation is 1. The molecule has 4 rings (SSSR count). The predicted molar refractivity (Wildman–Crippen MR) is 110 cm³/mol. The number of amides is 1. The van der Waals surface area contributed by atoms with Crippen LogP contribution in [-0.4, -0.2) is 10.9 Å². The maximum Gasteiger partial charge on any atom is 0.260 e. The van der Waals surface area contributed by atoms with Gasteiger partial charge in [-0.15, -0.1) is 0 Å². The van der Waals surface area contributed by atoms with Gasteiger partial charge in [0.05, 0.1) is 34.7 Å². The second-order valence-corrected chi connectivity index (χ2v) is 7.67. The number of rotatable bonds is 4. The molecule has 0 aliphatic carbocycles. The van der Waals surface area contributed by atoms with Gasteiger partial charge in [-0.1, -0.05) is 22.9 Å². The van der Waals surface area contributed by atoms with Crippen molar-refractivity contribution in [2.75, 3.05) is 4.90 Å². The van der Waals surface area contributed by atoms with E-state index in [4.69, 9.17) is 21.3 Å². The van der Waals surface area contributed by atoms with E-state index >= 15 is 0 Å². The molecule has 28 heavy (non-hydrogen) atoms. The largest absolute Gasteiger partial charge is 0.467 e. The molecule has 2 aromatic heterocycles. The molecule has 0 aliphatic rings. The zero-order valence-electron chi connectivity index (χ0n) is 14.8. The average Bonchev–Trinajstić information content (AvgIpc) is 3.35. The van der Waals surface area contributed by atoms with Gasteiger partial charge in [0.1, 0.15) is 5.76 Å². The van der Waals surface area contributed by atoms with Crippen LogP contribution < -0.4 is 4.90 Å². The van der Waals surface area contributed by atoms with Gasteiger partial charge in [0.2, 0.25) is 0 Å². The van der Waals surface area contributed by atoms with Crippen LogP contribution in [0.5, 0.6) is 0 Å². The smallest absolute Gasteiger partial charge is 0.260 e. The van der Waals surface area contributed by atoms with Crippen molar-refractivity contribution in [2.45, 2.75) is 13.5 Å². The highest BCUT2D eigenvalue weighted by Gasteiger charge is 2.23. The lowest BCUT2D eigenvalue weighted by Gasteiger charge is -2.18. The Kier molecular flexibility index (Phi) is 4.86. The molecule has 0 fully saturated rings. The summed E-state index contributed by atoms with van der Waals surface area (Å²) >= 11 is 7.57. The summed E-state index contributed by atoms with van der Waals surface area (Å²) < 4.78 is 6.36. The number of hydrogen-bond donors (Lipinski definition) is 0. The number of halogens is 1. The highest BCUT2D eigenvalue weighted by molar-refractivity contribution is 7.22. The van der Waals surface area contributed by atoms with Crippen LogP contribution in [0.25, 0.3) is 10.2 Å². The van der Waals surface area contributed by atoms with Crippen LogP contribution in [-0.2, 0) is 6.54 Å². The first-order valence-electron chi connectivity index (χ1n) is 8.46. The van der Waals surface area contributed by atoms with Crippen molar-refractivity contribution in [3.05, 3.63) is 82.3 Å². The van der Waals surface area contributed by atoms with Gasteiger partial charge in [0.15, 0.2) is 5.13 Å². The highest BCUT2D eigenvalue weighted by Crippen LogP contribution is 2.34. The third-order valence-electron chi connectivity index (χ3n) is 4.27. The van der Waals surface area contributed by atoms with Crippen molar-refractivity contribution in [2.24, 2.45) is 0 Å². The highest BCUT2D eigenvalue weighted by atomic mass is 35.5. The molecule has 0 aliphatic heterocycles. The first kappa shape index (κ1) is 18.2. The van der Waals surface area contributed by atoms with Crippen LogP contribution in [0.15, 0.2) is 59.2 Å². The van der Waals surface area contributed by atoms with Crippen LogP contribution >= 0.6 is 22.9 Å². The van der Waals surface area contributed by atoms with Crippen LogP contribution in [0.4, 0.5) is 5.13 Å². The van der Waals surface area contributed by atoms with Gasteiger partial charge >= 0.3 is 0 Å². The minimum absolute atomic E-state index is 0.219. The fraction of sp³-hybridized carbons (Fsp3) is 0.0952. The number of thiazole rings is 1. The molecule has 0 spiro atoms. The summed E-state index contributed by atoms with van der Waals surface area (Å²) in [6.07, 6.45) is 1.57. The number of carbonyl (C=O) groups excluding carboxylic acids is 1. The Morgan fingerprint density at radius 3 is 2.75 bits per heavy atom. The van der Waals surface area contributed by atoms with Crippen molar-refractivity contribution in [3.8, 4) is 6.07 Å². The Bertz CT molecular complexity index is 1190. The summed E-state index contributed by atoms with van der Waals surface area (Å²) in [4.78, 5) is 19.5. The second kappa shape index (κ2) is 7.47. The van der Waals surface area contributed by atoms with Gasteiger partial charge in [-0.3, -0.25) is 9.69 Å². The summed E-state index contributed by atoms with van der Waals surface area (Å²) in [6.45, 7) is 2.19.